The number of aryl methyl sites for hydroxylation is 1. The van der Waals surface area contributed by atoms with Gasteiger partial charge in [0, 0.05) is 10.9 Å². The number of pyridine rings is 1. The summed E-state index contributed by atoms with van der Waals surface area (Å²) in [6.45, 7) is 3.72. The Morgan fingerprint density at radius 1 is 1.04 bits per heavy atom. The predicted octanol–water partition coefficient (Wildman–Crippen LogP) is 4.66. The van der Waals surface area contributed by atoms with E-state index in [0.717, 1.165) is 28.6 Å². The van der Waals surface area contributed by atoms with Crippen molar-refractivity contribution < 1.29 is 8.78 Å². The van der Waals surface area contributed by atoms with Gasteiger partial charge < -0.3 is 0 Å². The molecule has 0 bridgehead atoms. The van der Waals surface area contributed by atoms with Gasteiger partial charge in [-0.15, -0.1) is 0 Å². The van der Waals surface area contributed by atoms with Gasteiger partial charge in [-0.05, 0) is 49.7 Å². The minimum absolute atomic E-state index is 0.508. The molecule has 1 N–H and O–H groups in total. The average Bonchev–Trinajstić information content (AvgIpc) is 2.55. The van der Waals surface area contributed by atoms with Crippen LogP contribution in [0, 0.1) is 18.6 Å². The maximum atomic E-state index is 13.3. The van der Waals surface area contributed by atoms with Gasteiger partial charge in [-0.3, -0.25) is 5.43 Å². The Kier molecular flexibility index (Phi) is 4.02. The van der Waals surface area contributed by atoms with Crippen molar-refractivity contribution in [3.8, 4) is 0 Å². The normalized spacial score (nSPS) is 11.7. The molecule has 3 nitrogen and oxygen atoms in total. The molecule has 1 aromatic heterocycles. The van der Waals surface area contributed by atoms with E-state index >= 15 is 0 Å². The molecule has 0 aliphatic carbocycles. The monoisotopic (exact) mass is 311 g/mol. The lowest BCUT2D eigenvalue weighted by Gasteiger charge is -2.07. The molecule has 0 saturated carbocycles. The van der Waals surface area contributed by atoms with E-state index in [2.05, 4.69) is 15.5 Å². The van der Waals surface area contributed by atoms with E-state index in [9.17, 15) is 8.78 Å². The van der Waals surface area contributed by atoms with Gasteiger partial charge in [-0.1, -0.05) is 18.2 Å². The van der Waals surface area contributed by atoms with Crippen molar-refractivity contribution in [2.45, 2.75) is 13.8 Å². The van der Waals surface area contributed by atoms with E-state index in [1.165, 1.54) is 6.07 Å². The number of benzene rings is 2. The quantitative estimate of drug-likeness (QED) is 0.564. The van der Waals surface area contributed by atoms with Crippen LogP contribution in [-0.2, 0) is 0 Å². The molecule has 0 saturated heterocycles. The molecular weight excluding hydrogens is 296 g/mol. The summed E-state index contributed by atoms with van der Waals surface area (Å²) < 4.78 is 26.2. The number of anilines is 1. The fourth-order valence-corrected chi connectivity index (χ4v) is 2.33. The molecule has 0 unspecified atom stereocenters. The van der Waals surface area contributed by atoms with Gasteiger partial charge in [0.1, 0.15) is 5.82 Å². The minimum atomic E-state index is -0.892. The molecule has 0 spiro atoms. The molecule has 2 aromatic carbocycles. The van der Waals surface area contributed by atoms with Crippen molar-refractivity contribution in [1.82, 2.24) is 4.98 Å². The molecule has 0 fully saturated rings. The van der Waals surface area contributed by atoms with E-state index in [1.807, 2.05) is 37.3 Å². The highest BCUT2D eigenvalue weighted by molar-refractivity contribution is 5.99. The topological polar surface area (TPSA) is 37.3 Å². The SMILES string of the molecule is C/C(=N\Nc1cc(C)c2ccccc2n1)c1ccc(F)c(F)c1. The Balaban J connectivity index is 1.88. The molecule has 0 aliphatic heterocycles. The third kappa shape index (κ3) is 3.18. The molecule has 0 radical (unpaired) electrons. The summed E-state index contributed by atoms with van der Waals surface area (Å²) in [5.74, 6) is -1.17. The number of nitrogens with zero attached hydrogens (tertiary/aromatic N) is 2. The molecule has 0 aliphatic rings. The van der Waals surface area contributed by atoms with Gasteiger partial charge in [0.2, 0.25) is 0 Å². The Hall–Kier alpha value is -2.82. The summed E-state index contributed by atoms with van der Waals surface area (Å²) in [5, 5.41) is 5.28. The Labute approximate surface area is 132 Å². The first-order valence-corrected chi connectivity index (χ1v) is 7.17. The third-order valence-electron chi connectivity index (χ3n) is 3.60. The van der Waals surface area contributed by atoms with Crippen molar-refractivity contribution in [3.05, 3.63) is 71.3 Å². The van der Waals surface area contributed by atoms with Crippen LogP contribution in [-0.4, -0.2) is 10.7 Å². The highest BCUT2D eigenvalue weighted by atomic mass is 19.2. The fourth-order valence-electron chi connectivity index (χ4n) is 2.33. The summed E-state index contributed by atoms with van der Waals surface area (Å²) in [4.78, 5) is 4.48. The van der Waals surface area contributed by atoms with E-state index in [4.69, 9.17) is 0 Å². The van der Waals surface area contributed by atoms with Crippen LogP contribution in [0.2, 0.25) is 0 Å². The van der Waals surface area contributed by atoms with Crippen LogP contribution in [0.4, 0.5) is 14.6 Å². The summed E-state index contributed by atoms with van der Waals surface area (Å²) in [6, 6.07) is 13.4. The average molecular weight is 311 g/mol. The molecule has 1 heterocycles. The maximum absolute atomic E-state index is 13.3. The van der Waals surface area contributed by atoms with Crippen LogP contribution < -0.4 is 5.43 Å². The lowest BCUT2D eigenvalue weighted by atomic mass is 10.1. The number of hydrogen-bond donors (Lipinski definition) is 1. The first kappa shape index (κ1) is 15.1. The molecular formula is C18H15F2N3. The molecule has 3 aromatic rings. The summed E-state index contributed by atoms with van der Waals surface area (Å²) in [5.41, 5.74) is 5.87. The van der Waals surface area contributed by atoms with Gasteiger partial charge in [0.05, 0.1) is 11.2 Å². The van der Waals surface area contributed by atoms with Gasteiger partial charge in [0.25, 0.3) is 0 Å². The highest BCUT2D eigenvalue weighted by Gasteiger charge is 2.05. The van der Waals surface area contributed by atoms with Gasteiger partial charge >= 0.3 is 0 Å². The number of halogens is 2. The third-order valence-corrected chi connectivity index (χ3v) is 3.60. The zero-order valence-corrected chi connectivity index (χ0v) is 12.8. The van der Waals surface area contributed by atoms with Crippen molar-refractivity contribution >= 4 is 22.4 Å². The number of fused-ring (bicyclic) bond motifs is 1. The number of para-hydroxylation sites is 1. The number of hydrazone groups is 1. The Morgan fingerprint density at radius 3 is 2.61 bits per heavy atom. The van der Waals surface area contributed by atoms with Crippen molar-refractivity contribution in [1.29, 1.82) is 0 Å². The van der Waals surface area contributed by atoms with Crippen LogP contribution in [0.3, 0.4) is 0 Å². The number of hydrogen-bond acceptors (Lipinski definition) is 3. The van der Waals surface area contributed by atoms with Crippen LogP contribution in [0.1, 0.15) is 18.1 Å². The first-order chi connectivity index (χ1) is 11.0. The van der Waals surface area contributed by atoms with E-state index < -0.39 is 11.6 Å². The Morgan fingerprint density at radius 2 is 1.83 bits per heavy atom. The van der Waals surface area contributed by atoms with Gasteiger partial charge in [-0.25, -0.2) is 13.8 Å². The molecule has 116 valence electrons. The largest absolute Gasteiger partial charge is 0.261 e. The smallest absolute Gasteiger partial charge is 0.159 e. The maximum Gasteiger partial charge on any atom is 0.159 e. The highest BCUT2D eigenvalue weighted by Crippen LogP contribution is 2.20. The number of rotatable bonds is 3. The second kappa shape index (κ2) is 6.12. The number of nitrogens with one attached hydrogen (secondary N) is 1. The summed E-state index contributed by atoms with van der Waals surface area (Å²) in [7, 11) is 0. The predicted molar refractivity (Wildman–Crippen MR) is 88.7 cm³/mol. The molecule has 3 rings (SSSR count). The Bertz CT molecular complexity index is 904. The fraction of sp³-hybridized carbons (Fsp3) is 0.111. The summed E-state index contributed by atoms with van der Waals surface area (Å²) in [6.07, 6.45) is 0. The molecule has 23 heavy (non-hydrogen) atoms. The van der Waals surface area contributed by atoms with Crippen LogP contribution in [0.25, 0.3) is 10.9 Å². The van der Waals surface area contributed by atoms with Gasteiger partial charge in [0.15, 0.2) is 11.6 Å². The molecule has 0 amide bonds. The van der Waals surface area contributed by atoms with E-state index in [-0.39, 0.29) is 0 Å². The van der Waals surface area contributed by atoms with Crippen molar-refractivity contribution in [2.75, 3.05) is 5.43 Å². The second-order valence-corrected chi connectivity index (χ2v) is 5.28. The minimum Gasteiger partial charge on any atom is -0.261 e. The van der Waals surface area contributed by atoms with E-state index in [1.54, 1.807) is 6.92 Å². The molecule has 0 atom stereocenters. The standard InChI is InChI=1S/C18H15F2N3/c1-11-9-18(21-17-6-4-3-5-14(11)17)23-22-12(2)13-7-8-15(19)16(20)10-13/h3-10H,1-2H3,(H,21,23)/b22-12+. The second-order valence-electron chi connectivity index (χ2n) is 5.28. The van der Waals surface area contributed by atoms with Crippen molar-refractivity contribution in [2.24, 2.45) is 5.10 Å². The van der Waals surface area contributed by atoms with Crippen molar-refractivity contribution in [3.63, 3.8) is 0 Å². The van der Waals surface area contributed by atoms with E-state index in [0.29, 0.717) is 17.1 Å². The lowest BCUT2D eigenvalue weighted by molar-refractivity contribution is 0.508. The molecule has 5 heteroatoms. The lowest BCUT2D eigenvalue weighted by Crippen LogP contribution is -2.02. The summed E-state index contributed by atoms with van der Waals surface area (Å²) >= 11 is 0. The van der Waals surface area contributed by atoms with Gasteiger partial charge in [-0.2, -0.15) is 5.10 Å². The zero-order valence-electron chi connectivity index (χ0n) is 12.8. The van der Waals surface area contributed by atoms with Crippen LogP contribution in [0.15, 0.2) is 53.6 Å². The number of aromatic nitrogens is 1. The van der Waals surface area contributed by atoms with Crippen LogP contribution >= 0.6 is 0 Å². The zero-order chi connectivity index (χ0) is 16.4. The first-order valence-electron chi connectivity index (χ1n) is 7.17. The van der Waals surface area contributed by atoms with Crippen LogP contribution in [0.5, 0.6) is 0 Å².